The van der Waals surface area contributed by atoms with Gasteiger partial charge in [-0.2, -0.15) is 0 Å². The highest BCUT2D eigenvalue weighted by atomic mass is 16.5. The minimum atomic E-state index is -1.20. The second-order valence-electron chi connectivity index (χ2n) is 4.18. The van der Waals surface area contributed by atoms with Crippen LogP contribution in [-0.2, 0) is 0 Å². The second-order valence-corrected chi connectivity index (χ2v) is 4.18. The Hall–Kier alpha value is -1.88. The van der Waals surface area contributed by atoms with Gasteiger partial charge in [-0.1, -0.05) is 30.3 Å². The molecule has 0 amide bonds. The Balaban J connectivity index is 2.15. The summed E-state index contributed by atoms with van der Waals surface area (Å²) in [5.41, 5.74) is 0.495. The predicted molar refractivity (Wildman–Crippen MR) is 71.0 cm³/mol. The van der Waals surface area contributed by atoms with Crippen LogP contribution in [0.2, 0.25) is 0 Å². The molecule has 2 aromatic rings. The molecule has 2 unspecified atom stereocenters. The maximum Gasteiger partial charge on any atom is 0.127 e. The fourth-order valence-electron chi connectivity index (χ4n) is 1.71. The molecule has 2 aromatic carbocycles. The highest BCUT2D eigenvalue weighted by Crippen LogP contribution is 2.25. The predicted octanol–water partition coefficient (Wildman–Crippen LogP) is 1.87. The van der Waals surface area contributed by atoms with E-state index in [1.807, 2.05) is 30.3 Å². The average Bonchev–Trinajstić information content (AvgIpc) is 2.47. The van der Waals surface area contributed by atoms with Gasteiger partial charge in [-0.15, -0.1) is 0 Å². The third-order valence-corrected chi connectivity index (χ3v) is 2.73. The number of aliphatic hydroxyl groups excluding tert-OH is 3. The Kier molecular flexibility index (Phi) is 4.52. The number of para-hydroxylation sites is 1. The molecule has 0 fully saturated rings. The van der Waals surface area contributed by atoms with E-state index in [-0.39, 0.29) is 0 Å². The smallest absolute Gasteiger partial charge is 0.127 e. The van der Waals surface area contributed by atoms with Gasteiger partial charge in [0.1, 0.15) is 23.7 Å². The summed E-state index contributed by atoms with van der Waals surface area (Å²) in [6.45, 7) is -0.495. The van der Waals surface area contributed by atoms with E-state index in [1.165, 1.54) is 0 Å². The molecule has 0 radical (unpaired) electrons. The van der Waals surface area contributed by atoms with Gasteiger partial charge in [0.25, 0.3) is 0 Å². The van der Waals surface area contributed by atoms with Crippen molar-refractivity contribution in [2.75, 3.05) is 6.61 Å². The second kappa shape index (κ2) is 6.33. The first-order valence-electron chi connectivity index (χ1n) is 6.00. The normalized spacial score (nSPS) is 13.8. The Morgan fingerprint density at radius 2 is 1.58 bits per heavy atom. The van der Waals surface area contributed by atoms with Crippen molar-refractivity contribution in [3.8, 4) is 11.5 Å². The van der Waals surface area contributed by atoms with Gasteiger partial charge >= 0.3 is 0 Å². The fourth-order valence-corrected chi connectivity index (χ4v) is 1.71. The van der Waals surface area contributed by atoms with Crippen LogP contribution in [0.25, 0.3) is 0 Å². The maximum atomic E-state index is 9.81. The number of aliphatic hydroxyl groups is 3. The van der Waals surface area contributed by atoms with E-state index in [1.54, 1.807) is 24.3 Å². The van der Waals surface area contributed by atoms with Gasteiger partial charge in [0.2, 0.25) is 0 Å². The Bertz CT molecular complexity index is 513. The minimum absolute atomic E-state index is 0.495. The van der Waals surface area contributed by atoms with Gasteiger partial charge in [-0.25, -0.2) is 0 Å². The summed E-state index contributed by atoms with van der Waals surface area (Å²) in [4.78, 5) is 0. The molecular formula is C15H16O4. The molecule has 19 heavy (non-hydrogen) atoms. The Labute approximate surface area is 111 Å². The minimum Gasteiger partial charge on any atom is -0.457 e. The molecule has 0 heterocycles. The topological polar surface area (TPSA) is 69.9 Å². The van der Waals surface area contributed by atoms with Crippen LogP contribution in [-0.4, -0.2) is 28.0 Å². The van der Waals surface area contributed by atoms with E-state index in [4.69, 9.17) is 9.84 Å². The van der Waals surface area contributed by atoms with Crippen LogP contribution in [0.5, 0.6) is 11.5 Å². The molecule has 2 rings (SSSR count). The SMILES string of the molecule is OCC(O)C(O)c1cccc(Oc2ccccc2)c1. The highest BCUT2D eigenvalue weighted by molar-refractivity contribution is 5.34. The van der Waals surface area contributed by atoms with Gasteiger partial charge in [0.05, 0.1) is 6.61 Å². The number of benzene rings is 2. The van der Waals surface area contributed by atoms with Gasteiger partial charge in [0, 0.05) is 0 Å². The first-order valence-corrected chi connectivity index (χ1v) is 6.00. The Morgan fingerprint density at radius 1 is 0.895 bits per heavy atom. The van der Waals surface area contributed by atoms with Gasteiger partial charge in [0.15, 0.2) is 0 Å². The van der Waals surface area contributed by atoms with Crippen molar-refractivity contribution in [2.24, 2.45) is 0 Å². The van der Waals surface area contributed by atoms with Gasteiger partial charge in [-0.3, -0.25) is 0 Å². The van der Waals surface area contributed by atoms with Crippen LogP contribution in [0, 0.1) is 0 Å². The van der Waals surface area contributed by atoms with E-state index >= 15 is 0 Å². The van der Waals surface area contributed by atoms with Crippen molar-refractivity contribution in [1.29, 1.82) is 0 Å². The molecular weight excluding hydrogens is 244 g/mol. The fraction of sp³-hybridized carbons (Fsp3) is 0.200. The number of hydrogen-bond donors (Lipinski definition) is 3. The van der Waals surface area contributed by atoms with Crippen LogP contribution < -0.4 is 4.74 Å². The summed E-state index contributed by atoms with van der Waals surface area (Å²) < 4.78 is 5.63. The standard InChI is InChI=1S/C15H16O4/c16-10-14(17)15(18)11-5-4-8-13(9-11)19-12-6-2-1-3-7-12/h1-9,14-18H,10H2. The lowest BCUT2D eigenvalue weighted by atomic mass is 10.0. The molecule has 4 nitrogen and oxygen atoms in total. The van der Waals surface area contributed by atoms with E-state index in [0.29, 0.717) is 17.1 Å². The molecule has 0 aliphatic rings. The molecule has 2 atom stereocenters. The quantitative estimate of drug-likeness (QED) is 0.767. The monoisotopic (exact) mass is 260 g/mol. The van der Waals surface area contributed by atoms with Gasteiger partial charge < -0.3 is 20.1 Å². The molecule has 0 bridgehead atoms. The summed E-state index contributed by atoms with van der Waals surface area (Å²) in [7, 11) is 0. The summed E-state index contributed by atoms with van der Waals surface area (Å²) >= 11 is 0. The van der Waals surface area contributed by atoms with Crippen molar-refractivity contribution in [1.82, 2.24) is 0 Å². The molecule has 0 saturated heterocycles. The number of rotatable bonds is 5. The summed E-state index contributed by atoms with van der Waals surface area (Å²) in [5.74, 6) is 1.25. The zero-order valence-electron chi connectivity index (χ0n) is 10.3. The largest absolute Gasteiger partial charge is 0.457 e. The molecule has 0 aliphatic carbocycles. The first-order chi connectivity index (χ1) is 9.20. The van der Waals surface area contributed by atoms with Crippen LogP contribution in [0.4, 0.5) is 0 Å². The maximum absolute atomic E-state index is 9.81. The van der Waals surface area contributed by atoms with E-state index in [9.17, 15) is 10.2 Å². The van der Waals surface area contributed by atoms with E-state index in [0.717, 1.165) is 0 Å². The van der Waals surface area contributed by atoms with Crippen molar-refractivity contribution >= 4 is 0 Å². The van der Waals surface area contributed by atoms with Crippen LogP contribution in [0.15, 0.2) is 54.6 Å². The van der Waals surface area contributed by atoms with Gasteiger partial charge in [-0.05, 0) is 29.8 Å². The van der Waals surface area contributed by atoms with Crippen LogP contribution in [0.1, 0.15) is 11.7 Å². The Morgan fingerprint density at radius 3 is 2.26 bits per heavy atom. The molecule has 0 saturated carbocycles. The average molecular weight is 260 g/mol. The van der Waals surface area contributed by atoms with Crippen molar-refractivity contribution in [3.63, 3.8) is 0 Å². The molecule has 0 spiro atoms. The zero-order valence-corrected chi connectivity index (χ0v) is 10.3. The summed E-state index contributed by atoms with van der Waals surface area (Å²) in [6, 6.07) is 16.1. The molecule has 100 valence electrons. The third-order valence-electron chi connectivity index (χ3n) is 2.73. The zero-order chi connectivity index (χ0) is 13.7. The van der Waals surface area contributed by atoms with Crippen molar-refractivity contribution in [3.05, 3.63) is 60.2 Å². The van der Waals surface area contributed by atoms with Crippen LogP contribution in [0.3, 0.4) is 0 Å². The lowest BCUT2D eigenvalue weighted by molar-refractivity contribution is -0.0153. The summed E-state index contributed by atoms with van der Waals surface area (Å²) in [6.07, 6.45) is -2.34. The lowest BCUT2D eigenvalue weighted by Gasteiger charge is -2.16. The molecule has 4 heteroatoms. The van der Waals surface area contributed by atoms with Crippen molar-refractivity contribution < 1.29 is 20.1 Å². The highest BCUT2D eigenvalue weighted by Gasteiger charge is 2.17. The van der Waals surface area contributed by atoms with Crippen molar-refractivity contribution in [2.45, 2.75) is 12.2 Å². The molecule has 3 N–H and O–H groups in total. The number of hydrogen-bond acceptors (Lipinski definition) is 4. The molecule has 0 aromatic heterocycles. The lowest BCUT2D eigenvalue weighted by Crippen LogP contribution is -2.21. The summed E-state index contributed by atoms with van der Waals surface area (Å²) in [5, 5.41) is 28.1. The number of ether oxygens (including phenoxy) is 1. The third kappa shape index (κ3) is 3.54. The van der Waals surface area contributed by atoms with Crippen LogP contribution >= 0.6 is 0 Å². The van der Waals surface area contributed by atoms with E-state index in [2.05, 4.69) is 0 Å². The first kappa shape index (κ1) is 13.5. The van der Waals surface area contributed by atoms with E-state index < -0.39 is 18.8 Å². The molecule has 0 aliphatic heterocycles.